The highest BCUT2D eigenvalue weighted by Crippen LogP contribution is 2.52. The summed E-state index contributed by atoms with van der Waals surface area (Å²) in [6.07, 6.45) is -22.9. The van der Waals surface area contributed by atoms with Crippen molar-refractivity contribution in [3.05, 3.63) is 0 Å². The fourth-order valence-corrected chi connectivity index (χ4v) is 1.46. The van der Waals surface area contributed by atoms with Gasteiger partial charge in [-0.25, -0.2) is 18.2 Å². The highest BCUT2D eigenvalue weighted by atomic mass is 31.2. The van der Waals surface area contributed by atoms with Crippen molar-refractivity contribution in [3.8, 4) is 0 Å². The first kappa shape index (κ1) is 22.4. The number of rotatable bonds is 10. The molecule has 16 heteroatoms. The normalized spacial score (nSPS) is 16.0. The highest BCUT2D eigenvalue weighted by molar-refractivity contribution is 7.48. The van der Waals surface area contributed by atoms with Gasteiger partial charge in [0.2, 0.25) is 0 Å². The second-order valence-corrected chi connectivity index (χ2v) is 5.15. The molecule has 0 aromatic heterocycles. The van der Waals surface area contributed by atoms with Gasteiger partial charge >= 0.3 is 32.8 Å². The van der Waals surface area contributed by atoms with Gasteiger partial charge in [-0.1, -0.05) is 0 Å². The van der Waals surface area contributed by atoms with Crippen LogP contribution < -0.4 is 0 Å². The van der Waals surface area contributed by atoms with Gasteiger partial charge in [-0.2, -0.15) is 35.1 Å². The molecule has 23 heavy (non-hydrogen) atoms. The Kier molecular flexibility index (Phi) is 7.33. The molecule has 0 rings (SSSR count). The average molecular weight is 390 g/mol. The lowest BCUT2D eigenvalue weighted by Crippen LogP contribution is -2.52. The van der Waals surface area contributed by atoms with E-state index in [2.05, 4.69) is 23.0 Å². The van der Waals surface area contributed by atoms with Gasteiger partial charge < -0.3 is 0 Å². The Morgan fingerprint density at radius 1 is 0.870 bits per heavy atom. The molecule has 1 unspecified atom stereocenters. The van der Waals surface area contributed by atoms with Gasteiger partial charge in [0, 0.05) is 14.2 Å². The van der Waals surface area contributed by atoms with E-state index in [1.165, 1.54) is 0 Å². The summed E-state index contributed by atoms with van der Waals surface area (Å²) in [6, 6.07) is 0. The SMILES string of the molecule is COP(=O)(OC)OC(F)C(F)(F)OC(F)(F)C(F)(F)OC(F)F. The number of hydrogen-bond acceptors (Lipinski definition) is 6. The van der Waals surface area contributed by atoms with Crippen molar-refractivity contribution in [2.45, 2.75) is 31.3 Å². The predicted molar refractivity (Wildman–Crippen MR) is 50.6 cm³/mol. The molecule has 6 nitrogen and oxygen atoms in total. The molecule has 0 aliphatic rings. The monoisotopic (exact) mass is 390 g/mol. The second-order valence-electron chi connectivity index (χ2n) is 3.31. The number of ether oxygens (including phenoxy) is 2. The molecule has 0 N–H and O–H groups in total. The summed E-state index contributed by atoms with van der Waals surface area (Å²) >= 11 is 0. The smallest absolute Gasteiger partial charge is 0.290 e. The van der Waals surface area contributed by atoms with Crippen LogP contribution in [-0.2, 0) is 27.6 Å². The van der Waals surface area contributed by atoms with Crippen LogP contribution in [0.3, 0.4) is 0 Å². The largest absolute Gasteiger partial charge is 0.477 e. The predicted octanol–water partition coefficient (Wildman–Crippen LogP) is 3.73. The third kappa shape index (κ3) is 6.08. The lowest BCUT2D eigenvalue weighted by atomic mass is 10.5. The van der Waals surface area contributed by atoms with E-state index in [-0.39, 0.29) is 0 Å². The van der Waals surface area contributed by atoms with E-state index in [4.69, 9.17) is 0 Å². The second kappa shape index (κ2) is 7.53. The maximum atomic E-state index is 13.0. The van der Waals surface area contributed by atoms with Crippen LogP contribution >= 0.6 is 7.82 Å². The van der Waals surface area contributed by atoms with Gasteiger partial charge in [0.1, 0.15) is 0 Å². The zero-order valence-corrected chi connectivity index (χ0v) is 11.8. The van der Waals surface area contributed by atoms with Crippen molar-refractivity contribution in [3.63, 3.8) is 0 Å². The Bertz CT molecular complexity index is 425. The summed E-state index contributed by atoms with van der Waals surface area (Å²) in [5.74, 6) is 0. The fourth-order valence-electron chi connectivity index (χ4n) is 0.792. The van der Waals surface area contributed by atoms with Gasteiger partial charge in [0.15, 0.2) is 0 Å². The first-order valence-electron chi connectivity index (χ1n) is 4.96. The maximum absolute atomic E-state index is 13.0. The quantitative estimate of drug-likeness (QED) is 0.419. The number of alkyl halides is 9. The van der Waals surface area contributed by atoms with Crippen LogP contribution in [0.1, 0.15) is 0 Å². The van der Waals surface area contributed by atoms with Crippen LogP contribution in [0.5, 0.6) is 0 Å². The summed E-state index contributed by atoms with van der Waals surface area (Å²) < 4.78 is 139. The van der Waals surface area contributed by atoms with E-state index in [0.717, 1.165) is 0 Å². The molecule has 140 valence electrons. The molecule has 0 saturated carbocycles. The van der Waals surface area contributed by atoms with Crippen LogP contribution in [0.15, 0.2) is 0 Å². The zero-order valence-electron chi connectivity index (χ0n) is 11.0. The average Bonchev–Trinajstić information content (AvgIpc) is 2.35. The number of hydrogen-bond donors (Lipinski definition) is 0. The molecule has 0 fully saturated rings. The molecule has 0 heterocycles. The van der Waals surface area contributed by atoms with Gasteiger partial charge in [0.25, 0.3) is 6.36 Å². The zero-order chi connectivity index (χ0) is 18.7. The van der Waals surface area contributed by atoms with Crippen molar-refractivity contribution in [1.29, 1.82) is 0 Å². The lowest BCUT2D eigenvalue weighted by molar-refractivity contribution is -0.508. The van der Waals surface area contributed by atoms with Crippen LogP contribution in [0.2, 0.25) is 0 Å². The summed E-state index contributed by atoms with van der Waals surface area (Å²) in [7, 11) is -3.94. The van der Waals surface area contributed by atoms with Crippen molar-refractivity contribution in [1.82, 2.24) is 0 Å². The first-order chi connectivity index (χ1) is 10.1. The van der Waals surface area contributed by atoms with Gasteiger partial charge in [0.05, 0.1) is 0 Å². The number of phosphoric ester groups is 1. The standard InChI is InChI=1S/C7H8F9O6P/c1-18-23(17,19-2)21-3(8)5(11,12)22-7(15,16)6(13,14)20-4(9)10/h3-4H,1-2H3. The topological polar surface area (TPSA) is 63.2 Å². The van der Waals surface area contributed by atoms with E-state index < -0.39 is 39.1 Å². The molecule has 0 amide bonds. The van der Waals surface area contributed by atoms with E-state index in [1.54, 1.807) is 0 Å². The highest BCUT2D eigenvalue weighted by Gasteiger charge is 2.67. The third-order valence-corrected chi connectivity index (χ3v) is 3.11. The Morgan fingerprint density at radius 2 is 1.30 bits per heavy atom. The van der Waals surface area contributed by atoms with Crippen LogP contribution in [-0.4, -0.2) is 45.5 Å². The summed E-state index contributed by atoms with van der Waals surface area (Å²) in [5.41, 5.74) is 0. The molecule has 0 aromatic carbocycles. The van der Waals surface area contributed by atoms with Crippen molar-refractivity contribution in [2.75, 3.05) is 14.2 Å². The van der Waals surface area contributed by atoms with Crippen molar-refractivity contribution in [2.24, 2.45) is 0 Å². The summed E-state index contributed by atoms with van der Waals surface area (Å²) in [4.78, 5) is 0. The molecule has 1 atom stereocenters. The van der Waals surface area contributed by atoms with Crippen LogP contribution in [0, 0.1) is 0 Å². The van der Waals surface area contributed by atoms with Crippen molar-refractivity contribution >= 4 is 7.82 Å². The van der Waals surface area contributed by atoms with Crippen molar-refractivity contribution < 1.29 is 67.1 Å². The minimum atomic E-state index is -6.41. The first-order valence-corrected chi connectivity index (χ1v) is 6.42. The lowest BCUT2D eigenvalue weighted by Gasteiger charge is -2.30. The molecule has 0 aliphatic carbocycles. The summed E-state index contributed by atoms with van der Waals surface area (Å²) in [6.45, 7) is -4.49. The van der Waals surface area contributed by atoms with Crippen LogP contribution in [0.4, 0.5) is 39.5 Å². The fraction of sp³-hybridized carbons (Fsp3) is 1.00. The molecule has 0 spiro atoms. The Labute approximate surface area is 122 Å². The maximum Gasteiger partial charge on any atom is 0.477 e. The molecule has 0 bridgehead atoms. The minimum Gasteiger partial charge on any atom is -0.290 e. The van der Waals surface area contributed by atoms with E-state index >= 15 is 0 Å². The Balaban J connectivity index is 5.18. The van der Waals surface area contributed by atoms with Gasteiger partial charge in [-0.3, -0.25) is 13.8 Å². The Hall–Kier alpha value is -0.600. The molecular formula is C7H8F9O6P. The summed E-state index contributed by atoms with van der Waals surface area (Å²) in [5, 5.41) is 0. The van der Waals surface area contributed by atoms with E-state index in [1.807, 2.05) is 0 Å². The number of phosphoric acid groups is 1. The molecule has 0 saturated heterocycles. The molecular weight excluding hydrogens is 382 g/mol. The Morgan fingerprint density at radius 3 is 1.65 bits per heavy atom. The molecule has 0 radical (unpaired) electrons. The number of halogens is 9. The minimum absolute atomic E-state index is 0.523. The van der Waals surface area contributed by atoms with Crippen LogP contribution in [0.25, 0.3) is 0 Å². The van der Waals surface area contributed by atoms with Gasteiger partial charge in [-0.15, -0.1) is 0 Å². The van der Waals surface area contributed by atoms with E-state index in [0.29, 0.717) is 14.2 Å². The van der Waals surface area contributed by atoms with E-state index in [9.17, 15) is 44.1 Å². The van der Waals surface area contributed by atoms with Gasteiger partial charge in [-0.05, 0) is 0 Å². The third-order valence-electron chi connectivity index (χ3n) is 1.77. The molecule has 0 aromatic rings. The molecule has 0 aliphatic heterocycles.